The van der Waals surface area contributed by atoms with Gasteiger partial charge in [0.2, 0.25) is 0 Å². The van der Waals surface area contributed by atoms with Gasteiger partial charge in [0, 0.05) is 17.1 Å². The number of benzene rings is 1. The van der Waals surface area contributed by atoms with E-state index in [1.807, 2.05) is 30.3 Å². The summed E-state index contributed by atoms with van der Waals surface area (Å²) in [6, 6.07) is 9.49. The highest BCUT2D eigenvalue weighted by Gasteiger charge is 2.09. The highest BCUT2D eigenvalue weighted by Crippen LogP contribution is 2.27. The van der Waals surface area contributed by atoms with E-state index < -0.39 is 0 Å². The molecule has 0 saturated heterocycles. The summed E-state index contributed by atoms with van der Waals surface area (Å²) in [6.07, 6.45) is 2.93. The highest BCUT2D eigenvalue weighted by atomic mass is 79.9. The van der Waals surface area contributed by atoms with Gasteiger partial charge in [-0.1, -0.05) is 46.3 Å². The van der Waals surface area contributed by atoms with Crippen LogP contribution in [0.4, 0.5) is 4.39 Å². The molecule has 0 N–H and O–H groups in total. The summed E-state index contributed by atoms with van der Waals surface area (Å²) in [5, 5.41) is 0.599. The van der Waals surface area contributed by atoms with E-state index in [9.17, 15) is 4.39 Å². The Labute approximate surface area is 96.1 Å². The molecule has 1 aromatic heterocycles. The van der Waals surface area contributed by atoms with Crippen molar-refractivity contribution < 1.29 is 4.39 Å². The van der Waals surface area contributed by atoms with Gasteiger partial charge in [0.05, 0.1) is 6.20 Å². The van der Waals surface area contributed by atoms with Crippen LogP contribution in [0.3, 0.4) is 0 Å². The molecule has 2 aromatic rings. The summed E-state index contributed by atoms with van der Waals surface area (Å²) in [6.45, 7) is 0. The maximum absolute atomic E-state index is 13.6. The molecule has 0 aliphatic carbocycles. The summed E-state index contributed by atoms with van der Waals surface area (Å²) in [7, 11) is 0. The molecule has 0 fully saturated rings. The molecule has 0 aliphatic rings. The Balaban J connectivity index is 2.61. The number of alkyl halides is 1. The lowest BCUT2D eigenvalue weighted by molar-refractivity contribution is 0.623. The average Bonchev–Trinajstić information content (AvgIpc) is 2.29. The molecule has 0 radical (unpaired) electrons. The van der Waals surface area contributed by atoms with Gasteiger partial charge in [-0.15, -0.1) is 0 Å². The highest BCUT2D eigenvalue weighted by molar-refractivity contribution is 9.08. The van der Waals surface area contributed by atoms with Crippen molar-refractivity contribution in [3.8, 4) is 11.1 Å². The number of halogens is 2. The van der Waals surface area contributed by atoms with Crippen molar-refractivity contribution in [2.24, 2.45) is 0 Å². The number of hydrogen-bond acceptors (Lipinski definition) is 1. The summed E-state index contributed by atoms with van der Waals surface area (Å²) >= 11 is 3.33. The molecule has 3 heteroatoms. The molecule has 2 rings (SSSR count). The largest absolute Gasteiger partial charge is 0.261 e. The topological polar surface area (TPSA) is 12.9 Å². The minimum absolute atomic E-state index is 0.279. The van der Waals surface area contributed by atoms with Gasteiger partial charge in [-0.2, -0.15) is 0 Å². The molecule has 1 aromatic carbocycles. The van der Waals surface area contributed by atoms with Crippen molar-refractivity contribution in [3.05, 3.63) is 54.1 Å². The summed E-state index contributed by atoms with van der Waals surface area (Å²) in [5.41, 5.74) is 2.37. The van der Waals surface area contributed by atoms with E-state index in [0.717, 1.165) is 11.1 Å². The van der Waals surface area contributed by atoms with Crippen LogP contribution >= 0.6 is 15.9 Å². The van der Waals surface area contributed by atoms with Crippen LogP contribution in [-0.4, -0.2) is 4.98 Å². The summed E-state index contributed by atoms with van der Waals surface area (Å²) in [4.78, 5) is 3.84. The van der Waals surface area contributed by atoms with Crippen LogP contribution in [0.2, 0.25) is 0 Å². The van der Waals surface area contributed by atoms with Crippen LogP contribution in [0.15, 0.2) is 42.7 Å². The van der Waals surface area contributed by atoms with Gasteiger partial charge in [0.1, 0.15) is 5.82 Å². The van der Waals surface area contributed by atoms with Gasteiger partial charge in [0.15, 0.2) is 0 Å². The normalized spacial score (nSPS) is 10.3. The smallest absolute Gasteiger partial charge is 0.149 e. The van der Waals surface area contributed by atoms with Crippen molar-refractivity contribution in [1.29, 1.82) is 0 Å². The number of hydrogen-bond donors (Lipinski definition) is 0. The summed E-state index contributed by atoms with van der Waals surface area (Å²) in [5.74, 6) is -0.279. The van der Waals surface area contributed by atoms with Crippen molar-refractivity contribution in [2.45, 2.75) is 5.33 Å². The molecular formula is C12H9BrFN. The van der Waals surface area contributed by atoms with E-state index in [2.05, 4.69) is 20.9 Å². The maximum Gasteiger partial charge on any atom is 0.149 e. The van der Waals surface area contributed by atoms with Gasteiger partial charge in [0.25, 0.3) is 0 Å². The Morgan fingerprint density at radius 1 is 1.13 bits per heavy atom. The van der Waals surface area contributed by atoms with Crippen LogP contribution in [-0.2, 0) is 5.33 Å². The van der Waals surface area contributed by atoms with Crippen LogP contribution in [0.5, 0.6) is 0 Å². The van der Waals surface area contributed by atoms with Crippen LogP contribution < -0.4 is 0 Å². The van der Waals surface area contributed by atoms with Crippen LogP contribution in [0.1, 0.15) is 5.56 Å². The molecule has 76 valence electrons. The van der Waals surface area contributed by atoms with Crippen molar-refractivity contribution in [1.82, 2.24) is 4.98 Å². The first kappa shape index (κ1) is 10.3. The van der Waals surface area contributed by atoms with E-state index in [-0.39, 0.29) is 5.82 Å². The average molecular weight is 266 g/mol. The zero-order valence-electron chi connectivity index (χ0n) is 7.95. The summed E-state index contributed by atoms with van der Waals surface area (Å²) < 4.78 is 13.6. The Bertz CT molecular complexity index is 456. The fourth-order valence-electron chi connectivity index (χ4n) is 1.50. The lowest BCUT2D eigenvalue weighted by Gasteiger charge is -2.07. The Morgan fingerprint density at radius 3 is 2.53 bits per heavy atom. The fraction of sp³-hybridized carbons (Fsp3) is 0.0833. The second kappa shape index (κ2) is 4.53. The molecule has 0 bridgehead atoms. The lowest BCUT2D eigenvalue weighted by Crippen LogP contribution is -1.92. The van der Waals surface area contributed by atoms with Crippen molar-refractivity contribution in [3.63, 3.8) is 0 Å². The van der Waals surface area contributed by atoms with E-state index in [4.69, 9.17) is 0 Å². The predicted octanol–water partition coefficient (Wildman–Crippen LogP) is 3.78. The van der Waals surface area contributed by atoms with E-state index in [1.165, 1.54) is 6.20 Å². The van der Waals surface area contributed by atoms with Gasteiger partial charge in [-0.3, -0.25) is 4.98 Å². The second-order valence-electron chi connectivity index (χ2n) is 3.16. The minimum atomic E-state index is -0.279. The molecular weight excluding hydrogens is 257 g/mol. The fourth-order valence-corrected chi connectivity index (χ4v) is 1.93. The Hall–Kier alpha value is -1.22. The van der Waals surface area contributed by atoms with Crippen molar-refractivity contribution in [2.75, 3.05) is 0 Å². The molecule has 0 amide bonds. The van der Waals surface area contributed by atoms with Gasteiger partial charge < -0.3 is 0 Å². The second-order valence-corrected chi connectivity index (χ2v) is 3.72. The van der Waals surface area contributed by atoms with Crippen molar-refractivity contribution >= 4 is 15.9 Å². The zero-order chi connectivity index (χ0) is 10.7. The SMILES string of the molecule is Fc1cncc(CBr)c1-c1ccccc1. The van der Waals surface area contributed by atoms with E-state index in [1.54, 1.807) is 6.20 Å². The maximum atomic E-state index is 13.6. The van der Waals surface area contributed by atoms with Crippen LogP contribution in [0.25, 0.3) is 11.1 Å². The van der Waals surface area contributed by atoms with Crippen LogP contribution in [0, 0.1) is 5.82 Å². The lowest BCUT2D eigenvalue weighted by atomic mass is 10.0. The predicted molar refractivity (Wildman–Crippen MR) is 62.3 cm³/mol. The number of nitrogens with zero attached hydrogens (tertiary/aromatic N) is 1. The van der Waals surface area contributed by atoms with E-state index in [0.29, 0.717) is 10.9 Å². The number of rotatable bonds is 2. The molecule has 15 heavy (non-hydrogen) atoms. The molecule has 0 unspecified atom stereocenters. The first-order chi connectivity index (χ1) is 7.33. The third-order valence-corrected chi connectivity index (χ3v) is 2.79. The quantitative estimate of drug-likeness (QED) is 0.754. The first-order valence-corrected chi connectivity index (χ1v) is 5.69. The molecule has 0 atom stereocenters. The first-order valence-electron chi connectivity index (χ1n) is 4.56. The molecule has 1 nitrogen and oxygen atoms in total. The molecule has 0 spiro atoms. The molecule has 0 saturated carbocycles. The monoisotopic (exact) mass is 265 g/mol. The third-order valence-electron chi connectivity index (χ3n) is 2.18. The molecule has 1 heterocycles. The number of aromatic nitrogens is 1. The van der Waals surface area contributed by atoms with Gasteiger partial charge in [-0.05, 0) is 11.1 Å². The van der Waals surface area contributed by atoms with Gasteiger partial charge in [-0.25, -0.2) is 4.39 Å². The minimum Gasteiger partial charge on any atom is -0.261 e. The third kappa shape index (κ3) is 2.07. The standard InChI is InChI=1S/C12H9BrFN/c13-6-10-7-15-8-11(14)12(10)9-4-2-1-3-5-9/h1-5,7-8H,6H2. The zero-order valence-corrected chi connectivity index (χ0v) is 9.54. The molecule has 0 aliphatic heterocycles. The van der Waals surface area contributed by atoms with Gasteiger partial charge >= 0.3 is 0 Å². The Kier molecular flexibility index (Phi) is 3.11. The number of pyridine rings is 1. The van der Waals surface area contributed by atoms with E-state index >= 15 is 0 Å². The Morgan fingerprint density at radius 2 is 1.87 bits per heavy atom.